The third kappa shape index (κ3) is 3.67. The molecular formula is C11H20N2O4. The van der Waals surface area contributed by atoms with Crippen molar-refractivity contribution in [3.8, 4) is 0 Å². The third-order valence-electron chi connectivity index (χ3n) is 2.87. The summed E-state index contributed by atoms with van der Waals surface area (Å²) in [5.74, 6) is -0.701. The van der Waals surface area contributed by atoms with Gasteiger partial charge in [0.15, 0.2) is 0 Å². The Kier molecular flexibility index (Phi) is 5.37. The number of carbonyl (C=O) groups is 2. The molecule has 17 heavy (non-hydrogen) atoms. The van der Waals surface area contributed by atoms with E-state index in [2.05, 4.69) is 10.1 Å². The van der Waals surface area contributed by atoms with E-state index in [1.807, 2.05) is 0 Å². The van der Waals surface area contributed by atoms with E-state index < -0.39 is 18.1 Å². The third-order valence-corrected chi connectivity index (χ3v) is 2.87. The summed E-state index contributed by atoms with van der Waals surface area (Å²) in [4.78, 5) is 23.1. The maximum Gasteiger partial charge on any atom is 0.328 e. The molecule has 0 radical (unpaired) electrons. The molecule has 1 fully saturated rings. The van der Waals surface area contributed by atoms with Gasteiger partial charge in [-0.3, -0.25) is 4.79 Å². The lowest BCUT2D eigenvalue weighted by molar-refractivity contribution is -0.146. The molecule has 0 spiro atoms. The summed E-state index contributed by atoms with van der Waals surface area (Å²) >= 11 is 0. The molecule has 1 heterocycles. The number of nitrogens with one attached hydrogen (secondary N) is 1. The van der Waals surface area contributed by atoms with Gasteiger partial charge in [0.25, 0.3) is 0 Å². The summed E-state index contributed by atoms with van der Waals surface area (Å²) in [6.07, 6.45) is 1.37. The second-order valence-corrected chi connectivity index (χ2v) is 4.05. The molecule has 0 bridgehead atoms. The summed E-state index contributed by atoms with van der Waals surface area (Å²) in [5.41, 5.74) is 5.46. The molecule has 1 unspecified atom stereocenters. The Morgan fingerprint density at radius 1 is 1.53 bits per heavy atom. The average molecular weight is 244 g/mol. The zero-order chi connectivity index (χ0) is 12.8. The van der Waals surface area contributed by atoms with Crippen LogP contribution < -0.4 is 11.1 Å². The van der Waals surface area contributed by atoms with E-state index in [-0.39, 0.29) is 12.0 Å². The summed E-state index contributed by atoms with van der Waals surface area (Å²) in [5, 5.41) is 2.62. The minimum absolute atomic E-state index is 0.0519. The Morgan fingerprint density at radius 3 is 2.71 bits per heavy atom. The molecule has 0 aromatic rings. The van der Waals surface area contributed by atoms with Crippen LogP contribution in [-0.2, 0) is 19.1 Å². The lowest BCUT2D eigenvalue weighted by Gasteiger charge is -2.17. The Hall–Kier alpha value is -1.14. The molecule has 1 amide bonds. The molecule has 3 atom stereocenters. The lowest BCUT2D eigenvalue weighted by Crippen LogP contribution is -2.45. The highest BCUT2D eigenvalue weighted by molar-refractivity contribution is 5.87. The molecule has 0 aromatic heterocycles. The van der Waals surface area contributed by atoms with Gasteiger partial charge in [-0.25, -0.2) is 4.79 Å². The van der Waals surface area contributed by atoms with Crippen LogP contribution in [0.5, 0.6) is 0 Å². The molecule has 0 aromatic carbocycles. The Morgan fingerprint density at radius 2 is 2.24 bits per heavy atom. The zero-order valence-corrected chi connectivity index (χ0v) is 10.3. The number of esters is 1. The van der Waals surface area contributed by atoms with Crippen molar-refractivity contribution in [1.29, 1.82) is 0 Å². The van der Waals surface area contributed by atoms with E-state index in [1.165, 1.54) is 7.11 Å². The largest absolute Gasteiger partial charge is 0.467 e. The summed E-state index contributed by atoms with van der Waals surface area (Å²) in [6.45, 7) is 2.22. The van der Waals surface area contributed by atoms with Crippen LogP contribution in [0.25, 0.3) is 0 Å². The topological polar surface area (TPSA) is 90.7 Å². The number of nitrogens with two attached hydrogens (primary N) is 1. The van der Waals surface area contributed by atoms with Crippen LogP contribution in [0.2, 0.25) is 0 Å². The summed E-state index contributed by atoms with van der Waals surface area (Å²) < 4.78 is 10.0. The smallest absolute Gasteiger partial charge is 0.328 e. The van der Waals surface area contributed by atoms with Crippen LogP contribution in [0, 0.1) is 0 Å². The lowest BCUT2D eigenvalue weighted by atomic mass is 10.1. The number of methoxy groups -OCH3 is 1. The van der Waals surface area contributed by atoms with Crippen LogP contribution >= 0.6 is 0 Å². The fraction of sp³-hybridized carbons (Fsp3) is 0.818. The fourth-order valence-corrected chi connectivity index (χ4v) is 1.81. The maximum atomic E-state index is 11.8. The SMILES string of the molecule is CCC(NC(=O)[C@@H]1CC[C@H](CN)O1)C(=O)OC. The van der Waals surface area contributed by atoms with Gasteiger partial charge in [-0.1, -0.05) is 6.92 Å². The van der Waals surface area contributed by atoms with Crippen molar-refractivity contribution >= 4 is 11.9 Å². The van der Waals surface area contributed by atoms with Crippen molar-refractivity contribution in [2.24, 2.45) is 5.73 Å². The number of carbonyl (C=O) groups excluding carboxylic acids is 2. The van der Waals surface area contributed by atoms with Gasteiger partial charge in [0.2, 0.25) is 5.91 Å². The number of amides is 1. The van der Waals surface area contributed by atoms with Gasteiger partial charge in [-0.05, 0) is 19.3 Å². The molecule has 1 saturated heterocycles. The van der Waals surface area contributed by atoms with Crippen molar-refractivity contribution in [1.82, 2.24) is 5.32 Å². The van der Waals surface area contributed by atoms with Crippen LogP contribution in [-0.4, -0.2) is 43.8 Å². The van der Waals surface area contributed by atoms with Gasteiger partial charge in [0.05, 0.1) is 13.2 Å². The highest BCUT2D eigenvalue weighted by Gasteiger charge is 2.32. The van der Waals surface area contributed by atoms with Crippen LogP contribution in [0.4, 0.5) is 0 Å². The highest BCUT2D eigenvalue weighted by Crippen LogP contribution is 2.19. The van der Waals surface area contributed by atoms with E-state index in [9.17, 15) is 9.59 Å². The molecule has 1 aliphatic heterocycles. The number of ether oxygens (including phenoxy) is 2. The first kappa shape index (κ1) is 13.9. The second kappa shape index (κ2) is 6.56. The van der Waals surface area contributed by atoms with E-state index in [0.717, 1.165) is 6.42 Å². The maximum absolute atomic E-state index is 11.8. The Balaban J connectivity index is 2.45. The van der Waals surface area contributed by atoms with Crippen molar-refractivity contribution in [2.45, 2.75) is 44.4 Å². The first-order valence-corrected chi connectivity index (χ1v) is 5.86. The van der Waals surface area contributed by atoms with Crippen molar-refractivity contribution in [3.05, 3.63) is 0 Å². The quantitative estimate of drug-likeness (QED) is 0.640. The minimum Gasteiger partial charge on any atom is -0.467 e. The van der Waals surface area contributed by atoms with Gasteiger partial charge in [0, 0.05) is 6.54 Å². The minimum atomic E-state index is -0.604. The zero-order valence-electron chi connectivity index (χ0n) is 10.3. The molecule has 3 N–H and O–H groups in total. The van der Waals surface area contributed by atoms with E-state index in [0.29, 0.717) is 19.4 Å². The molecule has 6 heteroatoms. The molecular weight excluding hydrogens is 224 g/mol. The van der Waals surface area contributed by atoms with Crippen LogP contribution in [0.15, 0.2) is 0 Å². The predicted octanol–water partition coefficient (Wildman–Crippen LogP) is -0.439. The molecule has 0 saturated carbocycles. The molecule has 0 aliphatic carbocycles. The first-order valence-electron chi connectivity index (χ1n) is 5.86. The van der Waals surface area contributed by atoms with Crippen LogP contribution in [0.3, 0.4) is 0 Å². The fourth-order valence-electron chi connectivity index (χ4n) is 1.81. The number of hydrogen-bond donors (Lipinski definition) is 2. The summed E-state index contributed by atoms with van der Waals surface area (Å²) in [7, 11) is 1.30. The monoisotopic (exact) mass is 244 g/mol. The van der Waals surface area contributed by atoms with Gasteiger partial charge >= 0.3 is 5.97 Å². The molecule has 98 valence electrons. The second-order valence-electron chi connectivity index (χ2n) is 4.05. The van der Waals surface area contributed by atoms with E-state index in [4.69, 9.17) is 10.5 Å². The van der Waals surface area contributed by atoms with Gasteiger partial charge in [-0.2, -0.15) is 0 Å². The van der Waals surface area contributed by atoms with Crippen molar-refractivity contribution < 1.29 is 19.1 Å². The normalized spacial score (nSPS) is 25.4. The Bertz CT molecular complexity index is 283. The predicted molar refractivity (Wildman–Crippen MR) is 61.2 cm³/mol. The standard InChI is InChI=1S/C11H20N2O4/c1-3-8(11(15)16-2)13-10(14)9-5-4-7(6-12)17-9/h7-9H,3-6,12H2,1-2H3,(H,13,14)/t7-,8?,9+/m1/s1. The van der Waals surface area contributed by atoms with Crippen molar-refractivity contribution in [2.75, 3.05) is 13.7 Å². The van der Waals surface area contributed by atoms with Gasteiger partial charge in [-0.15, -0.1) is 0 Å². The van der Waals surface area contributed by atoms with Gasteiger partial charge < -0.3 is 20.5 Å². The first-order chi connectivity index (χ1) is 8.12. The summed E-state index contributed by atoms with van der Waals surface area (Å²) in [6, 6.07) is -0.604. The van der Waals surface area contributed by atoms with Gasteiger partial charge in [0.1, 0.15) is 12.1 Å². The van der Waals surface area contributed by atoms with Crippen LogP contribution in [0.1, 0.15) is 26.2 Å². The molecule has 1 aliphatic rings. The highest BCUT2D eigenvalue weighted by atomic mass is 16.5. The molecule has 6 nitrogen and oxygen atoms in total. The average Bonchev–Trinajstić information content (AvgIpc) is 2.83. The molecule has 1 rings (SSSR count). The van der Waals surface area contributed by atoms with E-state index in [1.54, 1.807) is 6.92 Å². The Labute approximate surface area is 101 Å². The van der Waals surface area contributed by atoms with Crippen molar-refractivity contribution in [3.63, 3.8) is 0 Å². The van der Waals surface area contributed by atoms with E-state index >= 15 is 0 Å². The number of rotatable bonds is 5. The number of hydrogen-bond acceptors (Lipinski definition) is 5.